The quantitative estimate of drug-likeness (QED) is 0.455. The first-order chi connectivity index (χ1) is 16.5. The van der Waals surface area contributed by atoms with Gasteiger partial charge in [-0.05, 0) is 69.2 Å². The second kappa shape index (κ2) is 10.8. The maximum Gasteiger partial charge on any atom is 0.319 e. The maximum atomic E-state index is 12.7. The van der Waals surface area contributed by atoms with E-state index in [0.717, 1.165) is 30.7 Å². The molecule has 3 N–H and O–H groups in total. The Labute approximate surface area is 197 Å². The molecule has 9 nitrogen and oxygen atoms in total. The molecule has 4 rings (SSSR count). The monoisotopic (exact) mass is 464 g/mol. The third-order valence-corrected chi connectivity index (χ3v) is 5.58. The fourth-order valence-corrected chi connectivity index (χ4v) is 3.62. The molecule has 1 saturated heterocycles. The van der Waals surface area contributed by atoms with Crippen molar-refractivity contribution in [2.24, 2.45) is 0 Å². The second-order valence-electron chi connectivity index (χ2n) is 8.12. The van der Waals surface area contributed by atoms with Crippen LogP contribution in [0.4, 0.5) is 16.2 Å². The van der Waals surface area contributed by atoms with Crippen molar-refractivity contribution >= 4 is 23.3 Å². The summed E-state index contributed by atoms with van der Waals surface area (Å²) < 4.78 is 16.5. The van der Waals surface area contributed by atoms with E-state index in [1.807, 2.05) is 13.8 Å². The van der Waals surface area contributed by atoms with Gasteiger partial charge in [0, 0.05) is 30.1 Å². The van der Waals surface area contributed by atoms with Gasteiger partial charge in [-0.2, -0.15) is 0 Å². The lowest BCUT2D eigenvalue weighted by molar-refractivity contribution is 0.102. The van der Waals surface area contributed by atoms with E-state index in [0.29, 0.717) is 41.6 Å². The Morgan fingerprint density at radius 2 is 1.85 bits per heavy atom. The molecule has 1 aromatic heterocycles. The van der Waals surface area contributed by atoms with Crippen LogP contribution in [0.25, 0.3) is 0 Å². The number of hydrogen-bond donors (Lipinski definition) is 3. The average molecular weight is 465 g/mol. The van der Waals surface area contributed by atoms with Gasteiger partial charge in [0.15, 0.2) is 0 Å². The molecule has 1 fully saturated rings. The molecule has 1 aliphatic rings. The van der Waals surface area contributed by atoms with Crippen LogP contribution < -0.4 is 20.7 Å². The number of nitrogens with zero attached hydrogens (tertiary/aromatic N) is 1. The molecule has 0 spiro atoms. The first-order valence-corrected chi connectivity index (χ1v) is 11.2. The number of amides is 3. The predicted molar refractivity (Wildman–Crippen MR) is 127 cm³/mol. The van der Waals surface area contributed by atoms with Gasteiger partial charge in [-0.25, -0.2) is 4.79 Å². The highest BCUT2D eigenvalue weighted by molar-refractivity contribution is 6.04. The molecular formula is C25H28N4O5. The average Bonchev–Trinajstić information content (AvgIpc) is 3.47. The molecule has 2 heterocycles. The normalized spacial score (nSPS) is 15.1. The van der Waals surface area contributed by atoms with Gasteiger partial charge in [0.05, 0.1) is 17.4 Å². The van der Waals surface area contributed by atoms with E-state index in [9.17, 15) is 9.59 Å². The molecule has 1 aliphatic heterocycles. The molecule has 2 aromatic carbocycles. The largest absolute Gasteiger partial charge is 0.489 e. The molecule has 1 atom stereocenters. The Morgan fingerprint density at radius 1 is 1.09 bits per heavy atom. The SMILES string of the molecule is Cc1noc(C)c1COc1cccc(C(=O)Nc2ccc(NC(=O)NCC3CCCO3)cc2)c1. The van der Waals surface area contributed by atoms with Gasteiger partial charge < -0.3 is 29.9 Å². The lowest BCUT2D eigenvalue weighted by Crippen LogP contribution is -2.35. The number of carbonyl (C=O) groups excluding carboxylic acids is 2. The molecule has 0 radical (unpaired) electrons. The van der Waals surface area contributed by atoms with Crippen molar-refractivity contribution in [3.05, 3.63) is 71.1 Å². The van der Waals surface area contributed by atoms with Gasteiger partial charge in [0.25, 0.3) is 5.91 Å². The van der Waals surface area contributed by atoms with E-state index in [1.165, 1.54) is 0 Å². The topological polar surface area (TPSA) is 115 Å². The Kier molecular flexibility index (Phi) is 7.44. The fourth-order valence-electron chi connectivity index (χ4n) is 3.62. The number of aryl methyl sites for hydroxylation is 2. The Morgan fingerprint density at radius 3 is 2.53 bits per heavy atom. The lowest BCUT2D eigenvalue weighted by atomic mass is 10.2. The highest BCUT2D eigenvalue weighted by Gasteiger charge is 2.16. The summed E-state index contributed by atoms with van der Waals surface area (Å²) in [5, 5.41) is 12.3. The predicted octanol–water partition coefficient (Wildman–Crippen LogP) is 4.42. The molecule has 9 heteroatoms. The number of rotatable bonds is 8. The number of urea groups is 1. The summed E-state index contributed by atoms with van der Waals surface area (Å²) in [7, 11) is 0. The number of anilines is 2. The zero-order valence-corrected chi connectivity index (χ0v) is 19.2. The van der Waals surface area contributed by atoms with Crippen LogP contribution in [0.15, 0.2) is 53.1 Å². The number of carbonyl (C=O) groups is 2. The summed E-state index contributed by atoms with van der Waals surface area (Å²) in [6.45, 7) is 5.24. The number of hydrogen-bond acceptors (Lipinski definition) is 6. The number of ether oxygens (including phenoxy) is 2. The molecule has 3 aromatic rings. The van der Waals surface area contributed by atoms with Crippen molar-refractivity contribution < 1.29 is 23.6 Å². The fraction of sp³-hybridized carbons (Fsp3) is 0.320. The van der Waals surface area contributed by atoms with Crippen molar-refractivity contribution in [1.29, 1.82) is 0 Å². The first kappa shape index (κ1) is 23.3. The van der Waals surface area contributed by atoms with Gasteiger partial charge in [0.1, 0.15) is 18.1 Å². The standard InChI is InChI=1S/C25H28N4O5/c1-16-23(17(2)34-29-16)15-33-21-6-3-5-18(13-21)24(30)27-19-8-10-20(11-9-19)28-25(31)26-14-22-7-4-12-32-22/h3,5-6,8-11,13,22H,4,7,12,14-15H2,1-2H3,(H,27,30)(H2,26,28,31). The van der Waals surface area contributed by atoms with E-state index in [2.05, 4.69) is 21.1 Å². The molecule has 34 heavy (non-hydrogen) atoms. The second-order valence-corrected chi connectivity index (χ2v) is 8.12. The van der Waals surface area contributed by atoms with Crippen molar-refractivity contribution in [1.82, 2.24) is 10.5 Å². The van der Waals surface area contributed by atoms with Crippen LogP contribution >= 0.6 is 0 Å². The van der Waals surface area contributed by atoms with Crippen LogP contribution in [0.5, 0.6) is 5.75 Å². The summed E-state index contributed by atoms with van der Waals surface area (Å²) in [4.78, 5) is 24.7. The van der Waals surface area contributed by atoms with Crippen LogP contribution in [0.2, 0.25) is 0 Å². The van der Waals surface area contributed by atoms with Gasteiger partial charge in [-0.3, -0.25) is 4.79 Å². The van der Waals surface area contributed by atoms with Crippen molar-refractivity contribution in [2.45, 2.75) is 39.4 Å². The summed E-state index contributed by atoms with van der Waals surface area (Å²) in [5.41, 5.74) is 3.37. The molecule has 1 unspecified atom stereocenters. The van der Waals surface area contributed by atoms with E-state index in [1.54, 1.807) is 48.5 Å². The lowest BCUT2D eigenvalue weighted by Gasteiger charge is -2.12. The van der Waals surface area contributed by atoms with Gasteiger partial charge in [-0.1, -0.05) is 11.2 Å². The Hall–Kier alpha value is -3.85. The minimum Gasteiger partial charge on any atom is -0.489 e. The van der Waals surface area contributed by atoms with Gasteiger partial charge in [-0.15, -0.1) is 0 Å². The summed E-state index contributed by atoms with van der Waals surface area (Å²) >= 11 is 0. The summed E-state index contributed by atoms with van der Waals surface area (Å²) in [6.07, 6.45) is 2.08. The zero-order valence-electron chi connectivity index (χ0n) is 19.2. The molecule has 178 valence electrons. The zero-order chi connectivity index (χ0) is 23.9. The maximum absolute atomic E-state index is 12.7. The van der Waals surface area contributed by atoms with E-state index >= 15 is 0 Å². The van der Waals surface area contributed by atoms with Crippen molar-refractivity contribution in [2.75, 3.05) is 23.8 Å². The molecule has 0 aliphatic carbocycles. The molecule has 0 bridgehead atoms. The van der Waals surface area contributed by atoms with Crippen LogP contribution in [-0.2, 0) is 11.3 Å². The van der Waals surface area contributed by atoms with Gasteiger partial charge in [0.2, 0.25) is 0 Å². The summed E-state index contributed by atoms with van der Waals surface area (Å²) in [6, 6.07) is 13.6. The Bertz CT molecular complexity index is 1120. The summed E-state index contributed by atoms with van der Waals surface area (Å²) in [5.74, 6) is 1.02. The molecule has 3 amide bonds. The van der Waals surface area contributed by atoms with E-state index < -0.39 is 0 Å². The van der Waals surface area contributed by atoms with Crippen LogP contribution in [0, 0.1) is 13.8 Å². The smallest absolute Gasteiger partial charge is 0.319 e. The third kappa shape index (κ3) is 6.14. The number of benzene rings is 2. The van der Waals surface area contributed by atoms with Crippen LogP contribution in [0.1, 0.15) is 40.2 Å². The van der Waals surface area contributed by atoms with Gasteiger partial charge >= 0.3 is 6.03 Å². The Balaban J connectivity index is 1.28. The highest BCUT2D eigenvalue weighted by atomic mass is 16.5. The van der Waals surface area contributed by atoms with Crippen LogP contribution in [-0.4, -0.2) is 36.4 Å². The van der Waals surface area contributed by atoms with Crippen molar-refractivity contribution in [3.63, 3.8) is 0 Å². The number of aromatic nitrogens is 1. The van der Waals surface area contributed by atoms with Crippen molar-refractivity contribution in [3.8, 4) is 5.75 Å². The van der Waals surface area contributed by atoms with Crippen LogP contribution in [0.3, 0.4) is 0 Å². The minimum atomic E-state index is -0.291. The molecular weight excluding hydrogens is 436 g/mol. The molecule has 0 saturated carbocycles. The number of nitrogens with one attached hydrogen (secondary N) is 3. The first-order valence-electron chi connectivity index (χ1n) is 11.2. The highest BCUT2D eigenvalue weighted by Crippen LogP contribution is 2.20. The van der Waals surface area contributed by atoms with E-state index in [-0.39, 0.29) is 18.0 Å². The van der Waals surface area contributed by atoms with E-state index in [4.69, 9.17) is 14.0 Å². The third-order valence-electron chi connectivity index (χ3n) is 5.58. The minimum absolute atomic E-state index is 0.0862.